The molecule has 34 heteroatoms. The lowest BCUT2D eigenvalue weighted by Crippen LogP contribution is -2.60. The molecular weight excluding hydrogens is 1440 g/mol. The number of urea groups is 1. The number of azide groups is 1. The van der Waals surface area contributed by atoms with Crippen LogP contribution in [0.4, 0.5) is 15.3 Å². The van der Waals surface area contributed by atoms with E-state index in [0.717, 1.165) is 0 Å². The van der Waals surface area contributed by atoms with Gasteiger partial charge in [0, 0.05) is 65.0 Å². The van der Waals surface area contributed by atoms with Gasteiger partial charge in [-0.05, 0) is 85.1 Å². The Bertz CT molecular complexity index is 3080. The van der Waals surface area contributed by atoms with E-state index in [1.54, 1.807) is 109 Å². The number of nitrogens with two attached hydrogens (primary N) is 1. The fraction of sp³-hybridized carbons (Fsp3) is 0.727. The largest absolute Gasteiger partial charge is 0.445 e. The van der Waals surface area contributed by atoms with Crippen molar-refractivity contribution in [1.82, 2.24) is 41.3 Å². The predicted octanol–water partition coefficient (Wildman–Crippen LogP) is 5.42. The molecule has 0 aromatic heterocycles. The molecule has 1 aliphatic rings. The molecule has 111 heavy (non-hydrogen) atoms. The highest BCUT2D eigenvalue weighted by molar-refractivity contribution is 5.98. The number of nitrogens with one attached hydrogen (secondary N) is 6. The van der Waals surface area contributed by atoms with Gasteiger partial charge in [-0.2, -0.15) is 0 Å². The van der Waals surface area contributed by atoms with E-state index in [9.17, 15) is 48.3 Å². The first-order chi connectivity index (χ1) is 53.1. The second kappa shape index (κ2) is 55.6. The van der Waals surface area contributed by atoms with Gasteiger partial charge in [0.15, 0.2) is 0 Å². The standard InChI is InChI=1S/C77H129N13O21/c1-15-54(8)68(62(101-13)49-64(92)90-32-20-24-61(90)70(102-14)55(9)71(94)82-56(10)69(93)58-21-17-16-18-22-58)88(11)75(98)66(52(4)5)86-74(97)67(53(6)7)89(12)77(100)111-50-57-25-27-59(28-26-57)83-72(95)60(23-19-30-80-76(78)99)84-73(96)65(51(2)3)85-63(91)29-33-103-35-37-105-39-41-107-43-45-109-47-48-110-46-44-108-42-40-106-38-36-104-34-31-81-87-79/h16-18,21-22,25-28,51-56,60-62,65-70,93H,15,19-20,23-24,29-50H2,1-14H3,(H,82,94)(H,83,95)(H,84,96)(H,85,91)(H,86,97)(H3,78,80,99)/t54-,55+,56+,60-,61-,62+,65-,66-,67-,68-,69+,70+/m0/s1. The third kappa shape index (κ3) is 36.7. The van der Waals surface area contributed by atoms with E-state index >= 15 is 0 Å². The number of likely N-dealkylation sites (N-methyl/N-ethyl adjacent to an activating group) is 2. The molecule has 34 nitrogen and oxygen atoms in total. The zero-order chi connectivity index (χ0) is 82.2. The molecule has 1 aliphatic heterocycles. The summed E-state index contributed by atoms with van der Waals surface area (Å²) in [7, 11) is 6.08. The van der Waals surface area contributed by atoms with Crippen LogP contribution in [0.15, 0.2) is 59.7 Å². The summed E-state index contributed by atoms with van der Waals surface area (Å²) in [6, 6.07) is 8.70. The Morgan fingerprint density at radius 3 is 1.68 bits per heavy atom. The second-order valence-corrected chi connectivity index (χ2v) is 28.4. The van der Waals surface area contributed by atoms with Crippen molar-refractivity contribution in [1.29, 1.82) is 0 Å². The molecule has 9 N–H and O–H groups in total. The predicted molar refractivity (Wildman–Crippen MR) is 414 cm³/mol. The Balaban J connectivity index is 1.50. The number of rotatable bonds is 59. The highest BCUT2D eigenvalue weighted by Crippen LogP contribution is 2.31. The molecular formula is C77H129N13O21. The summed E-state index contributed by atoms with van der Waals surface area (Å²) in [4.78, 5) is 131. The van der Waals surface area contributed by atoms with Crippen molar-refractivity contribution < 1.29 is 100 Å². The summed E-state index contributed by atoms with van der Waals surface area (Å²) in [5.41, 5.74) is 15.0. The van der Waals surface area contributed by atoms with E-state index in [1.165, 1.54) is 26.2 Å². The molecule has 2 aromatic carbocycles. The molecule has 1 heterocycles. The average Bonchev–Trinajstić information content (AvgIpc) is 1.79. The first-order valence-corrected chi connectivity index (χ1v) is 38.6. The Labute approximate surface area is 655 Å². The van der Waals surface area contributed by atoms with Crippen LogP contribution in [-0.4, -0.2) is 281 Å². The van der Waals surface area contributed by atoms with Gasteiger partial charge in [-0.15, -0.1) is 0 Å². The highest BCUT2D eigenvalue weighted by atomic mass is 16.6. The van der Waals surface area contributed by atoms with Gasteiger partial charge in [-0.1, -0.05) is 116 Å². The number of hydrogen-bond donors (Lipinski definition) is 8. The number of benzene rings is 2. The van der Waals surface area contributed by atoms with Crippen LogP contribution >= 0.6 is 0 Å². The number of ether oxygens (including phenoxy) is 11. The maximum Gasteiger partial charge on any atom is 0.410 e. The summed E-state index contributed by atoms with van der Waals surface area (Å²) in [5.74, 6) is -5.38. The maximum atomic E-state index is 14.9. The summed E-state index contributed by atoms with van der Waals surface area (Å²) >= 11 is 0. The van der Waals surface area contributed by atoms with Gasteiger partial charge in [0.1, 0.15) is 30.8 Å². The number of hydrogen-bond acceptors (Lipinski definition) is 22. The number of likely N-dealkylation sites (tertiary alicyclic amines) is 1. The van der Waals surface area contributed by atoms with Gasteiger partial charge < -0.3 is 105 Å². The van der Waals surface area contributed by atoms with E-state index in [0.29, 0.717) is 129 Å². The molecule has 10 amide bonds. The topological polar surface area (TPSA) is 432 Å². The number of aliphatic hydroxyl groups excluding tert-OH is 1. The quantitative estimate of drug-likeness (QED) is 0.0177. The van der Waals surface area contributed by atoms with Gasteiger partial charge in [0.2, 0.25) is 41.4 Å². The molecule has 1 fully saturated rings. The number of nitrogens with zero attached hydrogens (tertiary/aromatic N) is 6. The lowest BCUT2D eigenvalue weighted by molar-refractivity contribution is -0.148. The van der Waals surface area contributed by atoms with Crippen molar-refractivity contribution in [3.05, 3.63) is 76.2 Å². The molecule has 628 valence electrons. The lowest BCUT2D eigenvalue weighted by atomic mass is 9.89. The summed E-state index contributed by atoms with van der Waals surface area (Å²) in [6.07, 6.45) is -1.16. The minimum Gasteiger partial charge on any atom is -0.445 e. The lowest BCUT2D eigenvalue weighted by Gasteiger charge is -2.41. The van der Waals surface area contributed by atoms with Crippen molar-refractivity contribution in [3.63, 3.8) is 0 Å². The normalized spacial score (nSPS) is 15.8. The molecule has 0 radical (unpaired) electrons. The highest BCUT2D eigenvalue weighted by Gasteiger charge is 2.44. The minimum absolute atomic E-state index is 0.0547. The smallest absolute Gasteiger partial charge is 0.410 e. The van der Waals surface area contributed by atoms with Crippen LogP contribution in [0.5, 0.6) is 0 Å². The molecule has 2 aromatic rings. The maximum absolute atomic E-state index is 14.9. The van der Waals surface area contributed by atoms with E-state index in [4.69, 9.17) is 63.4 Å². The van der Waals surface area contributed by atoms with Crippen LogP contribution in [0.1, 0.15) is 131 Å². The van der Waals surface area contributed by atoms with Gasteiger partial charge >= 0.3 is 12.1 Å². The van der Waals surface area contributed by atoms with Gasteiger partial charge in [-0.25, -0.2) is 9.59 Å². The number of amides is 10. The molecule has 0 aliphatic carbocycles. The van der Waals surface area contributed by atoms with E-state index in [1.807, 2.05) is 32.0 Å². The van der Waals surface area contributed by atoms with Crippen LogP contribution in [0, 0.1) is 29.6 Å². The van der Waals surface area contributed by atoms with Gasteiger partial charge in [0.05, 0.1) is 154 Å². The second-order valence-electron chi connectivity index (χ2n) is 28.4. The van der Waals surface area contributed by atoms with Crippen molar-refractivity contribution >= 4 is 59.2 Å². The van der Waals surface area contributed by atoms with Crippen LogP contribution < -0.4 is 37.6 Å². The first kappa shape index (κ1) is 97.3. The van der Waals surface area contributed by atoms with Crippen LogP contribution in [-0.2, 0) is 92.3 Å². The number of aliphatic hydroxyl groups is 1. The van der Waals surface area contributed by atoms with Crippen molar-refractivity contribution in [2.75, 3.05) is 159 Å². The van der Waals surface area contributed by atoms with Crippen molar-refractivity contribution in [2.24, 2.45) is 40.4 Å². The molecule has 0 saturated carbocycles. The van der Waals surface area contributed by atoms with E-state index in [-0.39, 0.29) is 88.9 Å². The minimum atomic E-state index is -1.12. The number of carbonyl (C=O) groups is 9. The third-order valence-electron chi connectivity index (χ3n) is 19.0. The molecule has 0 bridgehead atoms. The summed E-state index contributed by atoms with van der Waals surface area (Å²) in [6.45, 7) is 24.3. The molecule has 0 spiro atoms. The van der Waals surface area contributed by atoms with Gasteiger partial charge in [-0.3, -0.25) is 38.5 Å². The summed E-state index contributed by atoms with van der Waals surface area (Å²) in [5, 5.41) is 31.0. The van der Waals surface area contributed by atoms with Crippen LogP contribution in [0.3, 0.4) is 0 Å². The molecule has 3 rings (SSSR count). The first-order valence-electron chi connectivity index (χ1n) is 38.6. The monoisotopic (exact) mass is 1570 g/mol. The third-order valence-corrected chi connectivity index (χ3v) is 19.0. The Morgan fingerprint density at radius 2 is 1.18 bits per heavy atom. The molecule has 1 saturated heterocycles. The van der Waals surface area contributed by atoms with E-state index < -0.39 is 120 Å². The number of primary amides is 1. The number of methoxy groups -OCH3 is 2. The Hall–Kier alpha value is -7.86. The summed E-state index contributed by atoms with van der Waals surface area (Å²) < 4.78 is 61.6. The molecule has 0 unspecified atom stereocenters. The average molecular weight is 1570 g/mol. The zero-order valence-corrected chi connectivity index (χ0v) is 67.8. The van der Waals surface area contributed by atoms with Crippen molar-refractivity contribution in [2.45, 2.75) is 181 Å². The Kier molecular flexibility index (Phi) is 48.7. The van der Waals surface area contributed by atoms with E-state index in [2.05, 4.69) is 41.9 Å². The SMILES string of the molecule is CC[C@H](C)[C@@H]([C@@H](CC(=O)N1CCC[C@H]1[C@H](OC)[C@@H](C)C(=O)N[C@H](C)[C@@H](O)c1ccccc1)OC)N(C)C(=O)[C@@H](NC(=O)[C@H](C(C)C)N(C)C(=O)OCc1ccc(NC(=O)[C@H](CCCNC(N)=O)NC(=O)[C@@H](NC(=O)CCOCCOCCOCCOCCOCCOCCOCCOCCN=[N+]=[N-])C(C)C)cc1)C(C)C. The number of anilines is 1. The molecule has 12 atom stereocenters. The van der Waals surface area contributed by atoms with Crippen LogP contribution in [0.25, 0.3) is 10.4 Å². The van der Waals surface area contributed by atoms with Crippen molar-refractivity contribution in [3.8, 4) is 0 Å². The Morgan fingerprint density at radius 1 is 0.640 bits per heavy atom. The van der Waals surface area contributed by atoms with Gasteiger partial charge in [0.25, 0.3) is 0 Å². The zero-order valence-electron chi connectivity index (χ0n) is 67.8. The number of carbonyl (C=O) groups excluding carboxylic acids is 9. The fourth-order valence-electron chi connectivity index (χ4n) is 12.6. The van der Waals surface area contributed by atoms with Crippen LogP contribution in [0.2, 0.25) is 0 Å². The fourth-order valence-corrected chi connectivity index (χ4v) is 12.6.